The fraction of sp³-hybridized carbons (Fsp3) is 0.222. The van der Waals surface area contributed by atoms with Crippen molar-refractivity contribution in [3.05, 3.63) is 200 Å². The minimum atomic E-state index is 0.341. The molecule has 1 nitrogen and oxygen atoms in total. The van der Waals surface area contributed by atoms with Crippen LogP contribution in [0, 0.1) is 5.92 Å². The Labute approximate surface area is 344 Å². The van der Waals surface area contributed by atoms with Crippen molar-refractivity contribution in [2.45, 2.75) is 69.6 Å². The van der Waals surface area contributed by atoms with Crippen molar-refractivity contribution in [2.75, 3.05) is 4.90 Å². The van der Waals surface area contributed by atoms with E-state index in [1.165, 1.54) is 74.2 Å². The number of nitrogens with zero attached hydrogens (tertiary/aromatic N) is 1. The number of benzene rings is 3. The van der Waals surface area contributed by atoms with Crippen molar-refractivity contribution in [3.8, 4) is 0 Å². The Bertz CT molecular complexity index is 2830. The highest BCUT2D eigenvalue weighted by molar-refractivity contribution is 7.25. The largest absolute Gasteiger partial charge is 0.313 e. The SMILES string of the molecule is C1=CCC(C2=CCCc3c2sc2c3=CCCC=2N(C2=CCC(c3cccc4sc5ccccc5c34)C=C2)c2ccc(C3C=C(C4=CCCC=C4)C=CC3)cc2)C=C1. The second kappa shape index (κ2) is 14.9. The van der Waals surface area contributed by atoms with Gasteiger partial charge in [-0.15, -0.1) is 22.7 Å². The van der Waals surface area contributed by atoms with Crippen molar-refractivity contribution < 1.29 is 0 Å². The standard InChI is InChI=1S/C54H47NS2/c1-3-13-36(14-4-1)40-17-9-18-41(35-40)37-27-31-42(32-28-37)55(43-33-29-39(30-34-43)44-20-12-26-51-52(44)48-19-7-8-25-50(48)56-51)49-24-11-23-47-46-22-10-21-45(53(46)57-54(47)49)38-15-5-2-6-16-38/h2-3,5-9,12-15,17,19-21,23,25-29,31-35,38-39,41H,1,4,10-11,16,18,22,24,30H2. The summed E-state index contributed by atoms with van der Waals surface area (Å²) in [5, 5.41) is 4.32. The maximum absolute atomic E-state index is 2.64. The van der Waals surface area contributed by atoms with E-state index in [4.69, 9.17) is 0 Å². The normalized spacial score (nSPS) is 22.5. The lowest BCUT2D eigenvalue weighted by Crippen LogP contribution is -2.35. The van der Waals surface area contributed by atoms with E-state index >= 15 is 0 Å². The molecule has 0 fully saturated rings. The molecule has 0 saturated carbocycles. The third-order valence-corrected chi connectivity index (χ3v) is 15.3. The molecule has 3 heteroatoms. The molecule has 2 aromatic heterocycles. The summed E-state index contributed by atoms with van der Waals surface area (Å²) in [4.78, 5) is 4.17. The van der Waals surface area contributed by atoms with Gasteiger partial charge in [0, 0.05) is 59.9 Å². The third kappa shape index (κ3) is 6.37. The molecule has 0 bridgehead atoms. The molecule has 0 N–H and O–H groups in total. The van der Waals surface area contributed by atoms with Gasteiger partial charge in [-0.1, -0.05) is 128 Å². The quantitative estimate of drug-likeness (QED) is 0.159. The fourth-order valence-corrected chi connectivity index (χ4v) is 12.7. The van der Waals surface area contributed by atoms with E-state index in [1.54, 1.807) is 11.1 Å². The van der Waals surface area contributed by atoms with E-state index in [-0.39, 0.29) is 0 Å². The zero-order chi connectivity index (χ0) is 37.7. The number of thiophene rings is 2. The molecule has 0 radical (unpaired) electrons. The average molecular weight is 774 g/mol. The van der Waals surface area contributed by atoms with Crippen molar-refractivity contribution in [1.29, 1.82) is 0 Å². The number of fused-ring (bicyclic) bond motifs is 6. The van der Waals surface area contributed by atoms with Gasteiger partial charge < -0.3 is 4.90 Å². The Hall–Kier alpha value is -5.22. The van der Waals surface area contributed by atoms with E-state index in [2.05, 4.69) is 174 Å². The van der Waals surface area contributed by atoms with Gasteiger partial charge in [0.2, 0.25) is 0 Å². The van der Waals surface area contributed by atoms with Crippen LogP contribution in [0.2, 0.25) is 0 Å². The molecule has 3 aromatic carbocycles. The van der Waals surface area contributed by atoms with Gasteiger partial charge in [-0.3, -0.25) is 0 Å². The highest BCUT2D eigenvalue weighted by atomic mass is 32.1. The first-order chi connectivity index (χ1) is 28.3. The molecule has 3 unspecified atom stereocenters. The molecule has 3 atom stereocenters. The number of allylic oxidation sites excluding steroid dienone is 17. The second-order valence-corrected chi connectivity index (χ2v) is 18.4. The van der Waals surface area contributed by atoms with Crippen LogP contribution in [0.15, 0.2) is 169 Å². The van der Waals surface area contributed by atoms with Gasteiger partial charge in [0.1, 0.15) is 0 Å². The Kier molecular flexibility index (Phi) is 9.17. The first kappa shape index (κ1) is 35.0. The van der Waals surface area contributed by atoms with E-state index in [9.17, 15) is 0 Å². The van der Waals surface area contributed by atoms with Gasteiger partial charge in [0.25, 0.3) is 0 Å². The predicted molar refractivity (Wildman–Crippen MR) is 247 cm³/mol. The van der Waals surface area contributed by atoms with Crippen molar-refractivity contribution in [3.63, 3.8) is 0 Å². The fourth-order valence-electron chi connectivity index (χ4n) is 10.0. The van der Waals surface area contributed by atoms with Crippen LogP contribution in [0.5, 0.6) is 0 Å². The van der Waals surface area contributed by atoms with Crippen LogP contribution in [0.4, 0.5) is 5.69 Å². The summed E-state index contributed by atoms with van der Waals surface area (Å²) in [6.45, 7) is 0. The summed E-state index contributed by atoms with van der Waals surface area (Å²) in [5.41, 5.74) is 12.7. The molecule has 11 rings (SSSR count). The molecule has 0 saturated heterocycles. The minimum Gasteiger partial charge on any atom is -0.313 e. The summed E-state index contributed by atoms with van der Waals surface area (Å²) < 4.78 is 4.24. The molecule has 6 aliphatic rings. The molecular weight excluding hydrogens is 727 g/mol. The Morgan fingerprint density at radius 2 is 1.47 bits per heavy atom. The van der Waals surface area contributed by atoms with Crippen LogP contribution in [-0.4, -0.2) is 0 Å². The highest BCUT2D eigenvalue weighted by Gasteiger charge is 2.28. The number of hydrogen-bond donors (Lipinski definition) is 0. The zero-order valence-electron chi connectivity index (χ0n) is 32.4. The molecule has 57 heavy (non-hydrogen) atoms. The highest BCUT2D eigenvalue weighted by Crippen LogP contribution is 2.43. The van der Waals surface area contributed by atoms with Gasteiger partial charge in [-0.25, -0.2) is 0 Å². The summed E-state index contributed by atoms with van der Waals surface area (Å²) in [6, 6.07) is 25.5. The van der Waals surface area contributed by atoms with Crippen molar-refractivity contribution >= 4 is 65.9 Å². The monoisotopic (exact) mass is 773 g/mol. The number of rotatable bonds is 7. The van der Waals surface area contributed by atoms with Crippen molar-refractivity contribution in [1.82, 2.24) is 0 Å². The van der Waals surface area contributed by atoms with Crippen LogP contribution < -0.4 is 14.7 Å². The lowest BCUT2D eigenvalue weighted by molar-refractivity contribution is 0.825. The van der Waals surface area contributed by atoms with Gasteiger partial charge in [0.05, 0.1) is 4.53 Å². The number of hydrogen-bond acceptors (Lipinski definition) is 3. The smallest absolute Gasteiger partial charge is 0.0547 e. The van der Waals surface area contributed by atoms with Gasteiger partial charge >= 0.3 is 0 Å². The Morgan fingerprint density at radius 1 is 0.596 bits per heavy atom. The lowest BCUT2D eigenvalue weighted by atomic mass is 9.85. The predicted octanol–water partition coefficient (Wildman–Crippen LogP) is 13.6. The topological polar surface area (TPSA) is 3.24 Å². The zero-order valence-corrected chi connectivity index (χ0v) is 34.0. The number of anilines is 1. The summed E-state index contributed by atoms with van der Waals surface area (Å²) in [7, 11) is 0. The molecule has 0 amide bonds. The van der Waals surface area contributed by atoms with Crippen LogP contribution in [-0.2, 0) is 6.42 Å². The summed E-state index contributed by atoms with van der Waals surface area (Å²) >= 11 is 3.98. The first-order valence-corrected chi connectivity index (χ1v) is 22.7. The van der Waals surface area contributed by atoms with E-state index in [1.807, 2.05) is 11.3 Å². The van der Waals surface area contributed by atoms with Crippen LogP contribution >= 0.6 is 22.7 Å². The molecule has 280 valence electrons. The average Bonchev–Trinajstić information content (AvgIpc) is 3.87. The summed E-state index contributed by atoms with van der Waals surface area (Å²) in [6.07, 6.45) is 45.7. The van der Waals surface area contributed by atoms with E-state index in [0.717, 1.165) is 57.8 Å². The van der Waals surface area contributed by atoms with Crippen LogP contribution in [0.1, 0.15) is 84.8 Å². The maximum atomic E-state index is 2.64. The van der Waals surface area contributed by atoms with Gasteiger partial charge in [0.15, 0.2) is 0 Å². The van der Waals surface area contributed by atoms with Crippen LogP contribution in [0.25, 0.3) is 37.5 Å². The lowest BCUT2D eigenvalue weighted by Gasteiger charge is -2.32. The summed E-state index contributed by atoms with van der Waals surface area (Å²) in [5.74, 6) is 1.20. The van der Waals surface area contributed by atoms with Gasteiger partial charge in [-0.2, -0.15) is 0 Å². The molecule has 2 heterocycles. The Balaban J connectivity index is 0.994. The van der Waals surface area contributed by atoms with E-state index < -0.39 is 0 Å². The second-order valence-electron chi connectivity index (χ2n) is 16.3. The Morgan fingerprint density at radius 3 is 2.33 bits per heavy atom. The molecule has 6 aliphatic carbocycles. The van der Waals surface area contributed by atoms with Crippen LogP contribution in [0.3, 0.4) is 0 Å². The molecule has 0 spiro atoms. The molecule has 5 aromatic rings. The first-order valence-electron chi connectivity index (χ1n) is 21.1. The molecular formula is C54H47NS2. The minimum absolute atomic E-state index is 0.341. The van der Waals surface area contributed by atoms with E-state index in [0.29, 0.717) is 17.8 Å². The maximum Gasteiger partial charge on any atom is 0.0547 e. The third-order valence-electron chi connectivity index (χ3n) is 12.9. The molecule has 0 aliphatic heterocycles. The van der Waals surface area contributed by atoms with Gasteiger partial charge in [-0.05, 0) is 127 Å². The van der Waals surface area contributed by atoms with Crippen molar-refractivity contribution in [2.24, 2.45) is 5.92 Å².